The molecule has 0 heterocycles. The zero-order valence-corrected chi connectivity index (χ0v) is 13.3. The number of nitrogens with zero attached hydrogens (tertiary/aromatic N) is 1. The molecule has 2 N–H and O–H groups in total. The minimum atomic E-state index is -0.399. The summed E-state index contributed by atoms with van der Waals surface area (Å²) in [6.45, 7) is 0. The highest BCUT2D eigenvalue weighted by atomic mass is 79.9. The highest BCUT2D eigenvalue weighted by molar-refractivity contribution is 9.10. The molecule has 2 aromatic carbocycles. The number of anilines is 1. The molecule has 0 saturated heterocycles. The summed E-state index contributed by atoms with van der Waals surface area (Å²) in [6.07, 6.45) is 0. The Balaban J connectivity index is 2.22. The minimum absolute atomic E-state index is 0.0773. The minimum Gasteiger partial charge on any atom is -0.399 e. The molecule has 2 rings (SSSR count). The molecule has 104 valence electrons. The van der Waals surface area contributed by atoms with Gasteiger partial charge in [-0.3, -0.25) is 10.1 Å². The summed E-state index contributed by atoms with van der Waals surface area (Å²) in [4.78, 5) is 11.6. The Morgan fingerprint density at radius 3 is 2.70 bits per heavy atom. The van der Waals surface area contributed by atoms with Crippen molar-refractivity contribution < 1.29 is 4.92 Å². The number of thioether (sulfide) groups is 1. The summed E-state index contributed by atoms with van der Waals surface area (Å²) in [7, 11) is 0. The van der Waals surface area contributed by atoms with Gasteiger partial charge in [0.25, 0.3) is 5.69 Å². The van der Waals surface area contributed by atoms with E-state index in [9.17, 15) is 10.1 Å². The van der Waals surface area contributed by atoms with E-state index in [1.165, 1.54) is 23.9 Å². The number of halogens is 2. The molecule has 0 unspecified atom stereocenters. The summed E-state index contributed by atoms with van der Waals surface area (Å²) in [5.41, 5.74) is 7.01. The van der Waals surface area contributed by atoms with Gasteiger partial charge in [-0.15, -0.1) is 11.8 Å². The maximum absolute atomic E-state index is 11.0. The molecule has 4 nitrogen and oxygen atoms in total. The van der Waals surface area contributed by atoms with Crippen LogP contribution >= 0.6 is 39.3 Å². The van der Waals surface area contributed by atoms with Crippen molar-refractivity contribution in [2.24, 2.45) is 0 Å². The van der Waals surface area contributed by atoms with Crippen molar-refractivity contribution in [1.82, 2.24) is 0 Å². The normalized spacial score (nSPS) is 10.5. The Labute approximate surface area is 133 Å². The van der Waals surface area contributed by atoms with Crippen LogP contribution in [-0.2, 0) is 5.75 Å². The van der Waals surface area contributed by atoms with Crippen molar-refractivity contribution in [2.75, 3.05) is 5.73 Å². The zero-order chi connectivity index (χ0) is 14.7. The van der Waals surface area contributed by atoms with E-state index in [0.29, 0.717) is 22.0 Å². The van der Waals surface area contributed by atoms with Crippen molar-refractivity contribution in [3.05, 3.63) is 61.6 Å². The van der Waals surface area contributed by atoms with E-state index in [1.807, 2.05) is 6.07 Å². The molecule has 0 saturated carbocycles. The lowest BCUT2D eigenvalue weighted by Gasteiger charge is -2.06. The largest absolute Gasteiger partial charge is 0.399 e. The SMILES string of the molecule is Nc1ccc(SCc2cc(Cl)ccc2[N+](=O)[O-])c(Br)c1. The standard InChI is InChI=1S/C13H10BrClN2O2S/c14-11-6-10(16)2-4-13(11)20-7-8-5-9(15)1-3-12(8)17(18)19/h1-6H,7,16H2. The van der Waals surface area contributed by atoms with Gasteiger partial charge in [-0.25, -0.2) is 0 Å². The zero-order valence-electron chi connectivity index (χ0n) is 10.2. The lowest BCUT2D eigenvalue weighted by Crippen LogP contribution is -1.94. The molecule has 0 fully saturated rings. The quantitative estimate of drug-likeness (QED) is 0.359. The maximum Gasteiger partial charge on any atom is 0.273 e. The number of hydrogen-bond donors (Lipinski definition) is 1. The number of nitro groups is 1. The summed E-state index contributed by atoms with van der Waals surface area (Å²) >= 11 is 10.8. The molecule has 2 aromatic rings. The topological polar surface area (TPSA) is 69.2 Å². The average molecular weight is 374 g/mol. The first-order chi connectivity index (χ1) is 9.47. The average Bonchev–Trinajstić information content (AvgIpc) is 2.37. The van der Waals surface area contributed by atoms with Crippen LogP contribution in [0.25, 0.3) is 0 Å². The second kappa shape index (κ2) is 6.47. The highest BCUT2D eigenvalue weighted by Crippen LogP contribution is 2.34. The van der Waals surface area contributed by atoms with Gasteiger partial charge in [-0.05, 0) is 46.3 Å². The van der Waals surface area contributed by atoms with E-state index in [4.69, 9.17) is 17.3 Å². The fourth-order valence-electron chi connectivity index (χ4n) is 1.64. The molecule has 0 spiro atoms. The predicted octanol–water partition coefficient (Wildman–Crippen LogP) is 4.89. The number of rotatable bonds is 4. The van der Waals surface area contributed by atoms with Crippen LogP contribution in [-0.4, -0.2) is 4.92 Å². The summed E-state index contributed by atoms with van der Waals surface area (Å²) in [6, 6.07) is 10.0. The Morgan fingerprint density at radius 1 is 1.30 bits per heavy atom. The van der Waals surface area contributed by atoms with Gasteiger partial charge in [0.1, 0.15) is 0 Å². The summed E-state index contributed by atoms with van der Waals surface area (Å²) in [5.74, 6) is 0.458. The Hall–Kier alpha value is -1.24. The van der Waals surface area contributed by atoms with E-state index >= 15 is 0 Å². The van der Waals surface area contributed by atoms with Crippen LogP contribution in [0.15, 0.2) is 45.8 Å². The monoisotopic (exact) mass is 372 g/mol. The molecule has 0 atom stereocenters. The molecule has 0 bridgehead atoms. The van der Waals surface area contributed by atoms with Gasteiger partial charge >= 0.3 is 0 Å². The van der Waals surface area contributed by atoms with Gasteiger partial charge in [0.05, 0.1) is 4.92 Å². The van der Waals surface area contributed by atoms with E-state index in [2.05, 4.69) is 15.9 Å². The van der Waals surface area contributed by atoms with E-state index in [-0.39, 0.29) is 5.69 Å². The molecular formula is C13H10BrClN2O2S. The lowest BCUT2D eigenvalue weighted by molar-refractivity contribution is -0.385. The van der Waals surface area contributed by atoms with Crippen molar-refractivity contribution in [3.63, 3.8) is 0 Å². The van der Waals surface area contributed by atoms with Crippen LogP contribution in [0.5, 0.6) is 0 Å². The molecule has 0 aliphatic rings. The van der Waals surface area contributed by atoms with Crippen LogP contribution in [0.3, 0.4) is 0 Å². The highest BCUT2D eigenvalue weighted by Gasteiger charge is 2.14. The van der Waals surface area contributed by atoms with Crippen molar-refractivity contribution in [2.45, 2.75) is 10.6 Å². The predicted molar refractivity (Wildman–Crippen MR) is 86.2 cm³/mol. The van der Waals surface area contributed by atoms with Crippen LogP contribution in [0.4, 0.5) is 11.4 Å². The van der Waals surface area contributed by atoms with Gasteiger partial charge in [0, 0.05) is 37.5 Å². The first kappa shape index (κ1) is 15.2. The Kier molecular flexibility index (Phi) is 4.91. The summed E-state index contributed by atoms with van der Waals surface area (Å²) < 4.78 is 0.868. The van der Waals surface area contributed by atoms with Gasteiger partial charge in [0.2, 0.25) is 0 Å². The smallest absolute Gasteiger partial charge is 0.273 e. The van der Waals surface area contributed by atoms with E-state index in [1.54, 1.807) is 18.2 Å². The molecule has 0 radical (unpaired) electrons. The molecule has 0 amide bonds. The lowest BCUT2D eigenvalue weighted by atomic mass is 10.2. The second-order valence-corrected chi connectivity index (χ2v) is 6.32. The van der Waals surface area contributed by atoms with Crippen LogP contribution in [0, 0.1) is 10.1 Å². The first-order valence-electron chi connectivity index (χ1n) is 5.58. The molecule has 0 aliphatic heterocycles. The fraction of sp³-hybridized carbons (Fsp3) is 0.0769. The van der Waals surface area contributed by atoms with Crippen LogP contribution in [0.2, 0.25) is 5.02 Å². The third-order valence-corrected chi connectivity index (χ3v) is 4.85. The number of hydrogen-bond acceptors (Lipinski definition) is 4. The van der Waals surface area contributed by atoms with Crippen molar-refractivity contribution >= 4 is 50.7 Å². The first-order valence-corrected chi connectivity index (χ1v) is 7.73. The van der Waals surface area contributed by atoms with Crippen LogP contribution in [0.1, 0.15) is 5.56 Å². The molecule has 0 aliphatic carbocycles. The fourth-order valence-corrected chi connectivity index (χ4v) is 3.48. The number of nitrogens with two attached hydrogens (primary N) is 1. The number of nitro benzene ring substituents is 1. The molecule has 7 heteroatoms. The van der Waals surface area contributed by atoms with Gasteiger partial charge < -0.3 is 5.73 Å². The van der Waals surface area contributed by atoms with Crippen molar-refractivity contribution in [1.29, 1.82) is 0 Å². The molecule has 20 heavy (non-hydrogen) atoms. The summed E-state index contributed by atoms with van der Waals surface area (Å²) in [5, 5.41) is 11.5. The van der Waals surface area contributed by atoms with Gasteiger partial charge in [0.15, 0.2) is 0 Å². The van der Waals surface area contributed by atoms with E-state index < -0.39 is 4.92 Å². The van der Waals surface area contributed by atoms with Gasteiger partial charge in [-0.2, -0.15) is 0 Å². The van der Waals surface area contributed by atoms with E-state index in [0.717, 1.165) is 9.37 Å². The maximum atomic E-state index is 11.0. The Bertz CT molecular complexity index is 667. The third-order valence-electron chi connectivity index (χ3n) is 2.58. The number of nitrogen functional groups attached to an aromatic ring is 1. The van der Waals surface area contributed by atoms with Crippen molar-refractivity contribution in [3.8, 4) is 0 Å². The van der Waals surface area contributed by atoms with Crippen LogP contribution < -0.4 is 5.73 Å². The second-order valence-electron chi connectivity index (χ2n) is 4.01. The third kappa shape index (κ3) is 3.65. The number of benzene rings is 2. The molecular weight excluding hydrogens is 364 g/mol. The molecule has 0 aromatic heterocycles. The Morgan fingerprint density at radius 2 is 2.05 bits per heavy atom. The van der Waals surface area contributed by atoms with Gasteiger partial charge in [-0.1, -0.05) is 11.6 Å².